The van der Waals surface area contributed by atoms with Gasteiger partial charge in [0.25, 0.3) is 0 Å². The van der Waals surface area contributed by atoms with Crippen molar-refractivity contribution in [2.75, 3.05) is 23.7 Å². The van der Waals surface area contributed by atoms with Gasteiger partial charge in [0.05, 0.1) is 0 Å². The number of rotatable bonds is 10. The zero-order chi connectivity index (χ0) is 18.3. The Morgan fingerprint density at radius 3 is 2.46 bits per heavy atom. The summed E-state index contributed by atoms with van der Waals surface area (Å²) in [5.74, 6) is 0.647. The SMILES string of the molecule is CCCCCCCCc1cc(N2CCCC2)nc(N)[n+]1OS(=O)(=O)O.[OH-]. The van der Waals surface area contributed by atoms with Crippen molar-refractivity contribution in [1.29, 1.82) is 0 Å². The molecule has 0 radical (unpaired) electrons. The molecular formula is C16H30N4O5S. The van der Waals surface area contributed by atoms with E-state index in [2.05, 4.69) is 21.1 Å². The summed E-state index contributed by atoms with van der Waals surface area (Å²) in [6.07, 6.45) is 9.52. The molecule has 1 fully saturated rings. The molecule has 0 aliphatic carbocycles. The second-order valence-corrected chi connectivity index (χ2v) is 7.48. The molecule has 0 spiro atoms. The van der Waals surface area contributed by atoms with Crippen LogP contribution in [0.3, 0.4) is 0 Å². The van der Waals surface area contributed by atoms with Crippen LogP contribution in [-0.4, -0.2) is 36.5 Å². The molecule has 4 N–H and O–H groups in total. The van der Waals surface area contributed by atoms with Crippen LogP contribution in [0, 0.1) is 0 Å². The van der Waals surface area contributed by atoms with Crippen molar-refractivity contribution in [1.82, 2.24) is 4.98 Å². The Kier molecular flexibility index (Phi) is 9.03. The smallest absolute Gasteiger partial charge is 0.476 e. The molecule has 1 aromatic rings. The van der Waals surface area contributed by atoms with Crippen molar-refractivity contribution in [3.63, 3.8) is 0 Å². The molecule has 9 nitrogen and oxygen atoms in total. The van der Waals surface area contributed by atoms with E-state index in [9.17, 15) is 8.42 Å². The maximum absolute atomic E-state index is 11.1. The molecule has 0 unspecified atom stereocenters. The summed E-state index contributed by atoms with van der Waals surface area (Å²) in [6.45, 7) is 3.99. The van der Waals surface area contributed by atoms with E-state index in [1.54, 1.807) is 6.07 Å². The normalized spacial score (nSPS) is 14.3. The second-order valence-electron chi connectivity index (χ2n) is 6.47. The van der Waals surface area contributed by atoms with Crippen LogP contribution in [0.25, 0.3) is 0 Å². The number of nitrogens with zero attached hydrogens (tertiary/aromatic N) is 3. The Bertz CT molecular complexity index is 663. The minimum Gasteiger partial charge on any atom is -0.870 e. The Hall–Kier alpha value is -1.65. The molecule has 0 atom stereocenters. The Balaban J connectivity index is 0.00000338. The Labute approximate surface area is 155 Å². The summed E-state index contributed by atoms with van der Waals surface area (Å²) >= 11 is 0. The van der Waals surface area contributed by atoms with Gasteiger partial charge in [-0.3, -0.25) is 10.3 Å². The van der Waals surface area contributed by atoms with Gasteiger partial charge in [0.1, 0.15) is 5.69 Å². The van der Waals surface area contributed by atoms with Crippen LogP contribution < -0.4 is 19.6 Å². The van der Waals surface area contributed by atoms with Crippen LogP contribution in [0.15, 0.2) is 6.07 Å². The molecule has 150 valence electrons. The number of nitrogen functional groups attached to an aromatic ring is 1. The van der Waals surface area contributed by atoms with Gasteiger partial charge in [-0.15, -0.1) is 0 Å². The summed E-state index contributed by atoms with van der Waals surface area (Å²) < 4.78 is 36.8. The number of hydrogen-bond donors (Lipinski definition) is 2. The molecule has 10 heteroatoms. The number of aromatic nitrogens is 2. The summed E-state index contributed by atoms with van der Waals surface area (Å²) in [5, 5.41) is 0. The van der Waals surface area contributed by atoms with Gasteiger partial charge in [-0.2, -0.15) is 8.42 Å². The van der Waals surface area contributed by atoms with Crippen LogP contribution in [0.4, 0.5) is 11.8 Å². The molecule has 1 aliphatic heterocycles. The van der Waals surface area contributed by atoms with Crippen molar-refractivity contribution in [2.45, 2.75) is 64.7 Å². The second kappa shape index (κ2) is 10.5. The lowest BCUT2D eigenvalue weighted by Gasteiger charge is -2.15. The average molecular weight is 391 g/mol. The molecule has 1 saturated heterocycles. The van der Waals surface area contributed by atoms with Gasteiger partial charge < -0.3 is 10.4 Å². The topological polar surface area (TPSA) is 140 Å². The Morgan fingerprint density at radius 1 is 1.23 bits per heavy atom. The Morgan fingerprint density at radius 2 is 1.85 bits per heavy atom. The maximum Gasteiger partial charge on any atom is 0.476 e. The number of nitrogens with two attached hydrogens (primary N) is 1. The van der Waals surface area contributed by atoms with Crippen molar-refractivity contribution >= 4 is 22.2 Å². The third-order valence-corrected chi connectivity index (χ3v) is 4.72. The predicted octanol–water partition coefficient (Wildman–Crippen LogP) is 1.51. The van der Waals surface area contributed by atoms with E-state index in [1.165, 1.54) is 19.3 Å². The van der Waals surface area contributed by atoms with Gasteiger partial charge in [-0.1, -0.05) is 44.0 Å². The van der Waals surface area contributed by atoms with Crippen molar-refractivity contribution in [3.8, 4) is 0 Å². The summed E-state index contributed by atoms with van der Waals surface area (Å²) in [6, 6.07) is 1.80. The van der Waals surface area contributed by atoms with E-state index < -0.39 is 10.4 Å². The minimum atomic E-state index is -4.67. The van der Waals surface area contributed by atoms with Crippen molar-refractivity contribution in [3.05, 3.63) is 11.8 Å². The third-order valence-electron chi connectivity index (χ3n) is 4.38. The van der Waals surface area contributed by atoms with E-state index in [4.69, 9.17) is 10.3 Å². The molecule has 2 rings (SSSR count). The van der Waals surface area contributed by atoms with Gasteiger partial charge in [0.2, 0.25) is 5.82 Å². The molecule has 0 aromatic carbocycles. The van der Waals surface area contributed by atoms with Crippen LogP contribution in [0.2, 0.25) is 0 Å². The van der Waals surface area contributed by atoms with E-state index in [0.717, 1.165) is 55.7 Å². The van der Waals surface area contributed by atoms with E-state index in [0.29, 0.717) is 12.1 Å². The van der Waals surface area contributed by atoms with Gasteiger partial charge in [-0.25, -0.2) is 4.28 Å². The first-order valence-corrected chi connectivity index (χ1v) is 10.4. The molecule has 2 heterocycles. The highest BCUT2D eigenvalue weighted by molar-refractivity contribution is 7.80. The molecule has 0 amide bonds. The zero-order valence-electron chi connectivity index (χ0n) is 15.3. The van der Waals surface area contributed by atoms with Crippen molar-refractivity contribution in [2.24, 2.45) is 0 Å². The largest absolute Gasteiger partial charge is 0.870 e. The quantitative estimate of drug-likeness (QED) is 0.348. The number of aryl methyl sites for hydroxylation is 1. The maximum atomic E-state index is 11.1. The lowest BCUT2D eigenvalue weighted by molar-refractivity contribution is -0.852. The van der Waals surface area contributed by atoms with Gasteiger partial charge in [-0.05, 0) is 24.0 Å². The lowest BCUT2D eigenvalue weighted by Crippen LogP contribution is -2.52. The molecule has 0 saturated carbocycles. The highest BCUT2D eigenvalue weighted by Gasteiger charge is 2.25. The predicted molar refractivity (Wildman–Crippen MR) is 97.4 cm³/mol. The first kappa shape index (κ1) is 22.4. The summed E-state index contributed by atoms with van der Waals surface area (Å²) in [7, 11) is -4.67. The lowest BCUT2D eigenvalue weighted by atomic mass is 10.1. The number of hydrogen-bond acceptors (Lipinski definition) is 7. The van der Waals surface area contributed by atoms with E-state index in [1.807, 2.05) is 0 Å². The fourth-order valence-corrected chi connectivity index (χ4v) is 3.46. The van der Waals surface area contributed by atoms with Gasteiger partial charge >= 0.3 is 16.3 Å². The van der Waals surface area contributed by atoms with Crippen LogP contribution in [0.5, 0.6) is 0 Å². The van der Waals surface area contributed by atoms with Crippen LogP contribution in [-0.2, 0) is 16.8 Å². The molecule has 26 heavy (non-hydrogen) atoms. The van der Waals surface area contributed by atoms with Crippen LogP contribution >= 0.6 is 0 Å². The fraction of sp³-hybridized carbons (Fsp3) is 0.750. The van der Waals surface area contributed by atoms with Crippen molar-refractivity contribution < 1.29 is 27.5 Å². The zero-order valence-corrected chi connectivity index (χ0v) is 16.1. The summed E-state index contributed by atoms with van der Waals surface area (Å²) in [5.41, 5.74) is 6.49. The van der Waals surface area contributed by atoms with E-state index >= 15 is 0 Å². The molecule has 0 bridgehead atoms. The number of unbranched alkanes of at least 4 members (excludes halogenated alkanes) is 5. The number of anilines is 2. The molecule has 1 aliphatic rings. The first-order valence-electron chi connectivity index (χ1n) is 9.04. The molecular weight excluding hydrogens is 360 g/mol. The highest BCUT2D eigenvalue weighted by Crippen LogP contribution is 2.19. The first-order chi connectivity index (χ1) is 11.9. The summed E-state index contributed by atoms with van der Waals surface area (Å²) in [4.78, 5) is 6.36. The third kappa shape index (κ3) is 6.93. The van der Waals surface area contributed by atoms with Crippen LogP contribution in [0.1, 0.15) is 64.0 Å². The van der Waals surface area contributed by atoms with Gasteiger partial charge in [0.15, 0.2) is 0 Å². The highest BCUT2D eigenvalue weighted by atomic mass is 32.3. The van der Waals surface area contributed by atoms with E-state index in [-0.39, 0.29) is 11.4 Å². The average Bonchev–Trinajstić information content (AvgIpc) is 3.06. The van der Waals surface area contributed by atoms with Gasteiger partial charge in [0, 0.05) is 25.6 Å². The minimum absolute atomic E-state index is 0. The monoisotopic (exact) mass is 390 g/mol. The standard InChI is InChI=1S/C16H28N4O4S.H2O/c1-2-3-4-5-6-7-10-14-13-15(19-11-8-9-12-19)18-16(17)20(14)24-25(21,22)23;/h13,17H,2-12H2,1H3,(H,21,22,23);1H2. The fourth-order valence-electron chi connectivity index (χ4n) is 3.10. The molecule has 1 aromatic heterocycles.